The van der Waals surface area contributed by atoms with Gasteiger partial charge in [0.1, 0.15) is 11.3 Å². The molecule has 0 aliphatic heterocycles. The quantitative estimate of drug-likeness (QED) is 0.911. The standard InChI is InChI=1S/C15H21N3O2/c1-3-19-11-8-10(9-11)18-12-6-5-7-13(20-4-2)14(12)17-15(18)16/h5-7,10-11H,3-4,8-9H2,1-2H3,(H2,16,17). The molecule has 1 fully saturated rings. The Hall–Kier alpha value is -1.75. The van der Waals surface area contributed by atoms with Crippen molar-refractivity contribution in [3.8, 4) is 5.75 Å². The number of benzene rings is 1. The monoisotopic (exact) mass is 275 g/mol. The number of nitrogen functional groups attached to an aromatic ring is 1. The van der Waals surface area contributed by atoms with Crippen LogP contribution >= 0.6 is 0 Å². The molecule has 0 amide bonds. The van der Waals surface area contributed by atoms with E-state index in [2.05, 4.69) is 15.6 Å². The highest BCUT2D eigenvalue weighted by atomic mass is 16.5. The first kappa shape index (κ1) is 13.2. The average Bonchev–Trinajstić information content (AvgIpc) is 2.71. The molecule has 0 atom stereocenters. The molecule has 20 heavy (non-hydrogen) atoms. The van der Waals surface area contributed by atoms with E-state index in [0.29, 0.717) is 24.7 Å². The maximum atomic E-state index is 6.10. The fraction of sp³-hybridized carbons (Fsp3) is 0.533. The number of rotatable bonds is 5. The van der Waals surface area contributed by atoms with Gasteiger partial charge in [0.15, 0.2) is 0 Å². The first-order valence-electron chi connectivity index (χ1n) is 7.25. The highest BCUT2D eigenvalue weighted by Gasteiger charge is 2.33. The zero-order valence-corrected chi connectivity index (χ0v) is 12.0. The molecule has 0 bridgehead atoms. The van der Waals surface area contributed by atoms with Crippen molar-refractivity contribution in [2.24, 2.45) is 0 Å². The number of imidazole rings is 1. The third kappa shape index (κ3) is 2.12. The Labute approximate surface area is 118 Å². The van der Waals surface area contributed by atoms with E-state index in [9.17, 15) is 0 Å². The Balaban J connectivity index is 1.92. The summed E-state index contributed by atoms with van der Waals surface area (Å²) in [4.78, 5) is 4.48. The summed E-state index contributed by atoms with van der Waals surface area (Å²) in [7, 11) is 0. The predicted octanol–water partition coefficient (Wildman–Crippen LogP) is 2.76. The van der Waals surface area contributed by atoms with Gasteiger partial charge in [0.25, 0.3) is 0 Å². The molecule has 3 rings (SSSR count). The topological polar surface area (TPSA) is 62.3 Å². The smallest absolute Gasteiger partial charge is 0.201 e. The number of para-hydroxylation sites is 1. The van der Waals surface area contributed by atoms with Crippen LogP contribution in [0.1, 0.15) is 32.7 Å². The van der Waals surface area contributed by atoms with E-state index in [0.717, 1.165) is 36.2 Å². The number of anilines is 1. The van der Waals surface area contributed by atoms with Crippen LogP contribution in [0.15, 0.2) is 18.2 Å². The van der Waals surface area contributed by atoms with Crippen LogP contribution in [0.5, 0.6) is 5.75 Å². The van der Waals surface area contributed by atoms with Crippen LogP contribution in [0, 0.1) is 0 Å². The van der Waals surface area contributed by atoms with Crippen LogP contribution < -0.4 is 10.5 Å². The fourth-order valence-corrected chi connectivity index (χ4v) is 2.89. The van der Waals surface area contributed by atoms with Crippen LogP contribution in [0.3, 0.4) is 0 Å². The Bertz CT molecular complexity index is 602. The van der Waals surface area contributed by atoms with Crippen molar-refractivity contribution in [3.05, 3.63) is 18.2 Å². The summed E-state index contributed by atoms with van der Waals surface area (Å²) in [5.74, 6) is 1.36. The first-order chi connectivity index (χ1) is 9.74. The van der Waals surface area contributed by atoms with Crippen LogP contribution in [-0.4, -0.2) is 28.9 Å². The number of fused-ring (bicyclic) bond motifs is 1. The molecule has 1 saturated carbocycles. The second-order valence-electron chi connectivity index (χ2n) is 5.10. The molecule has 1 aromatic heterocycles. The second kappa shape index (κ2) is 5.32. The van der Waals surface area contributed by atoms with Gasteiger partial charge in [-0.2, -0.15) is 0 Å². The third-order valence-corrected chi connectivity index (χ3v) is 3.85. The fourth-order valence-electron chi connectivity index (χ4n) is 2.89. The van der Waals surface area contributed by atoms with Gasteiger partial charge in [-0.15, -0.1) is 0 Å². The number of ether oxygens (including phenoxy) is 2. The van der Waals surface area contributed by atoms with Crippen molar-refractivity contribution >= 4 is 17.0 Å². The van der Waals surface area contributed by atoms with Gasteiger partial charge < -0.3 is 19.8 Å². The molecular weight excluding hydrogens is 254 g/mol. The molecule has 2 N–H and O–H groups in total. The summed E-state index contributed by atoms with van der Waals surface area (Å²) in [6, 6.07) is 6.36. The van der Waals surface area contributed by atoms with E-state index in [-0.39, 0.29) is 0 Å². The summed E-state index contributed by atoms with van der Waals surface area (Å²) < 4.78 is 13.4. The molecule has 0 radical (unpaired) electrons. The Morgan fingerprint density at radius 1 is 1.30 bits per heavy atom. The maximum absolute atomic E-state index is 6.10. The van der Waals surface area contributed by atoms with Gasteiger partial charge in [-0.25, -0.2) is 4.98 Å². The molecule has 5 nitrogen and oxygen atoms in total. The molecular formula is C15H21N3O2. The molecule has 1 aromatic carbocycles. The maximum Gasteiger partial charge on any atom is 0.201 e. The highest BCUT2D eigenvalue weighted by Crippen LogP contribution is 2.39. The molecule has 0 spiro atoms. The first-order valence-corrected chi connectivity index (χ1v) is 7.25. The van der Waals surface area contributed by atoms with Gasteiger partial charge >= 0.3 is 0 Å². The molecule has 1 aliphatic carbocycles. The van der Waals surface area contributed by atoms with Crippen LogP contribution in [0.4, 0.5) is 5.95 Å². The Morgan fingerprint density at radius 3 is 2.80 bits per heavy atom. The lowest BCUT2D eigenvalue weighted by Crippen LogP contribution is -2.33. The van der Waals surface area contributed by atoms with E-state index in [1.54, 1.807) is 0 Å². The number of hydrogen-bond acceptors (Lipinski definition) is 4. The summed E-state index contributed by atoms with van der Waals surface area (Å²) in [5, 5.41) is 0. The Kier molecular flexibility index (Phi) is 3.53. The predicted molar refractivity (Wildman–Crippen MR) is 79.0 cm³/mol. The van der Waals surface area contributed by atoms with Crippen molar-refractivity contribution in [1.82, 2.24) is 9.55 Å². The second-order valence-corrected chi connectivity index (χ2v) is 5.10. The van der Waals surface area contributed by atoms with Gasteiger partial charge in [0.05, 0.1) is 18.2 Å². The van der Waals surface area contributed by atoms with Crippen molar-refractivity contribution in [2.45, 2.75) is 38.8 Å². The van der Waals surface area contributed by atoms with E-state index in [1.165, 1.54) is 0 Å². The summed E-state index contributed by atoms with van der Waals surface area (Å²) in [6.07, 6.45) is 2.36. The Morgan fingerprint density at radius 2 is 2.10 bits per heavy atom. The highest BCUT2D eigenvalue weighted by molar-refractivity contribution is 5.84. The minimum atomic E-state index is 0.358. The van der Waals surface area contributed by atoms with Gasteiger partial charge in [-0.05, 0) is 38.8 Å². The van der Waals surface area contributed by atoms with Gasteiger partial charge in [-0.3, -0.25) is 0 Å². The minimum absolute atomic E-state index is 0.358. The van der Waals surface area contributed by atoms with Crippen molar-refractivity contribution in [1.29, 1.82) is 0 Å². The largest absolute Gasteiger partial charge is 0.492 e. The van der Waals surface area contributed by atoms with E-state index < -0.39 is 0 Å². The molecule has 0 unspecified atom stereocenters. The van der Waals surface area contributed by atoms with E-state index >= 15 is 0 Å². The number of aromatic nitrogens is 2. The molecule has 1 heterocycles. The van der Waals surface area contributed by atoms with Gasteiger partial charge in [0.2, 0.25) is 5.95 Å². The molecule has 2 aromatic rings. The zero-order chi connectivity index (χ0) is 14.1. The van der Waals surface area contributed by atoms with E-state index in [1.807, 2.05) is 26.0 Å². The van der Waals surface area contributed by atoms with Crippen LogP contribution in [0.25, 0.3) is 11.0 Å². The molecule has 0 saturated heterocycles. The lowest BCUT2D eigenvalue weighted by atomic mass is 9.89. The number of nitrogens with zero attached hydrogens (tertiary/aromatic N) is 2. The summed E-state index contributed by atoms with van der Waals surface area (Å²) in [5.41, 5.74) is 8.01. The molecule has 1 aliphatic rings. The number of hydrogen-bond donors (Lipinski definition) is 1. The summed E-state index contributed by atoms with van der Waals surface area (Å²) >= 11 is 0. The van der Waals surface area contributed by atoms with Crippen molar-refractivity contribution in [2.75, 3.05) is 18.9 Å². The van der Waals surface area contributed by atoms with Gasteiger partial charge in [0, 0.05) is 12.6 Å². The van der Waals surface area contributed by atoms with Crippen molar-refractivity contribution in [3.63, 3.8) is 0 Å². The third-order valence-electron chi connectivity index (χ3n) is 3.85. The minimum Gasteiger partial charge on any atom is -0.492 e. The zero-order valence-electron chi connectivity index (χ0n) is 12.0. The van der Waals surface area contributed by atoms with Crippen LogP contribution in [0.2, 0.25) is 0 Å². The lowest BCUT2D eigenvalue weighted by molar-refractivity contribution is -0.0181. The number of nitrogens with two attached hydrogens (primary N) is 1. The van der Waals surface area contributed by atoms with Crippen molar-refractivity contribution < 1.29 is 9.47 Å². The SMILES string of the molecule is CCOc1cccc2c1nc(N)n2C1CC(OCC)C1. The summed E-state index contributed by atoms with van der Waals surface area (Å²) in [6.45, 7) is 5.40. The van der Waals surface area contributed by atoms with E-state index in [4.69, 9.17) is 15.2 Å². The molecule has 5 heteroatoms. The van der Waals surface area contributed by atoms with Gasteiger partial charge in [-0.1, -0.05) is 6.07 Å². The van der Waals surface area contributed by atoms with Crippen LogP contribution in [-0.2, 0) is 4.74 Å². The normalized spacial score (nSPS) is 21.9. The molecule has 108 valence electrons. The lowest BCUT2D eigenvalue weighted by Gasteiger charge is -2.36. The average molecular weight is 275 g/mol.